The summed E-state index contributed by atoms with van der Waals surface area (Å²) in [4.78, 5) is 11.7. The highest BCUT2D eigenvalue weighted by Gasteiger charge is 2.16. The minimum absolute atomic E-state index is 0.128. The largest absolute Gasteiger partial charge is 0.460 e. The molecule has 2 rings (SSSR count). The Morgan fingerprint density at radius 3 is 2.52 bits per heavy atom. The molecule has 2 aromatic rings. The summed E-state index contributed by atoms with van der Waals surface area (Å²) in [7, 11) is 0. The molecule has 0 radical (unpaired) electrons. The SMILES string of the molecule is CC(CCC(=O)OC(C)(C)C)NCc1ccc2ccccc2c1. The van der Waals surface area contributed by atoms with Gasteiger partial charge >= 0.3 is 5.97 Å². The molecule has 0 aliphatic carbocycles. The number of benzene rings is 2. The molecule has 2 aromatic carbocycles. The molecule has 0 fully saturated rings. The Balaban J connectivity index is 1.79. The Kier molecular flexibility index (Phi) is 5.78. The maximum atomic E-state index is 11.7. The van der Waals surface area contributed by atoms with Crippen LogP contribution in [0.2, 0.25) is 0 Å². The Morgan fingerprint density at radius 1 is 1.13 bits per heavy atom. The molecule has 23 heavy (non-hydrogen) atoms. The third kappa shape index (κ3) is 6.03. The van der Waals surface area contributed by atoms with E-state index in [0.717, 1.165) is 13.0 Å². The molecular formula is C20H27NO2. The van der Waals surface area contributed by atoms with Crippen LogP contribution < -0.4 is 5.32 Å². The van der Waals surface area contributed by atoms with Crippen molar-refractivity contribution in [1.29, 1.82) is 0 Å². The third-order valence-corrected chi connectivity index (χ3v) is 3.67. The third-order valence-electron chi connectivity index (χ3n) is 3.67. The standard InChI is InChI=1S/C20H27NO2/c1-15(9-12-19(22)23-20(2,3)4)21-14-16-10-11-17-7-5-6-8-18(17)13-16/h5-8,10-11,13,15,21H,9,12,14H2,1-4H3. The number of esters is 1. The summed E-state index contributed by atoms with van der Waals surface area (Å²) >= 11 is 0. The van der Waals surface area contributed by atoms with E-state index in [-0.39, 0.29) is 12.0 Å². The van der Waals surface area contributed by atoms with Crippen LogP contribution in [-0.4, -0.2) is 17.6 Å². The zero-order chi connectivity index (χ0) is 16.9. The van der Waals surface area contributed by atoms with Crippen molar-refractivity contribution in [2.75, 3.05) is 0 Å². The van der Waals surface area contributed by atoms with Crippen LogP contribution in [0.25, 0.3) is 10.8 Å². The highest BCUT2D eigenvalue weighted by Crippen LogP contribution is 2.16. The van der Waals surface area contributed by atoms with E-state index in [1.54, 1.807) is 0 Å². The molecule has 1 unspecified atom stereocenters. The van der Waals surface area contributed by atoms with Gasteiger partial charge in [-0.3, -0.25) is 4.79 Å². The van der Waals surface area contributed by atoms with E-state index in [0.29, 0.717) is 6.42 Å². The second-order valence-electron chi connectivity index (χ2n) is 7.09. The first-order valence-corrected chi connectivity index (χ1v) is 8.26. The van der Waals surface area contributed by atoms with Gasteiger partial charge in [0.1, 0.15) is 5.60 Å². The lowest BCUT2D eigenvalue weighted by Crippen LogP contribution is -2.28. The second-order valence-corrected chi connectivity index (χ2v) is 7.09. The minimum atomic E-state index is -0.404. The van der Waals surface area contributed by atoms with Crippen molar-refractivity contribution in [1.82, 2.24) is 5.32 Å². The lowest BCUT2D eigenvalue weighted by atomic mass is 10.1. The molecule has 1 N–H and O–H groups in total. The monoisotopic (exact) mass is 313 g/mol. The summed E-state index contributed by atoms with van der Waals surface area (Å²) in [5.74, 6) is -0.128. The maximum Gasteiger partial charge on any atom is 0.306 e. The van der Waals surface area contributed by atoms with Crippen molar-refractivity contribution >= 4 is 16.7 Å². The summed E-state index contributed by atoms with van der Waals surface area (Å²) in [6.07, 6.45) is 1.23. The van der Waals surface area contributed by atoms with E-state index >= 15 is 0 Å². The van der Waals surface area contributed by atoms with E-state index in [2.05, 4.69) is 54.7 Å². The first-order valence-electron chi connectivity index (χ1n) is 8.26. The molecule has 0 saturated carbocycles. The van der Waals surface area contributed by atoms with Crippen LogP contribution >= 0.6 is 0 Å². The van der Waals surface area contributed by atoms with Gasteiger partial charge in [0.15, 0.2) is 0 Å². The zero-order valence-corrected chi connectivity index (χ0v) is 14.6. The quantitative estimate of drug-likeness (QED) is 0.801. The summed E-state index contributed by atoms with van der Waals surface area (Å²) in [5.41, 5.74) is 0.853. The van der Waals surface area contributed by atoms with E-state index < -0.39 is 5.60 Å². The van der Waals surface area contributed by atoms with E-state index in [1.807, 2.05) is 20.8 Å². The smallest absolute Gasteiger partial charge is 0.306 e. The summed E-state index contributed by atoms with van der Waals surface area (Å²) in [6, 6.07) is 15.1. The van der Waals surface area contributed by atoms with Crippen molar-refractivity contribution in [3.8, 4) is 0 Å². The molecule has 0 saturated heterocycles. The van der Waals surface area contributed by atoms with Crippen LogP contribution in [0, 0.1) is 0 Å². The molecule has 3 heteroatoms. The Bertz CT molecular complexity index is 658. The maximum absolute atomic E-state index is 11.7. The fourth-order valence-corrected chi connectivity index (χ4v) is 2.47. The summed E-state index contributed by atoms with van der Waals surface area (Å²) < 4.78 is 5.33. The van der Waals surface area contributed by atoms with Gasteiger partial charge in [-0.1, -0.05) is 36.4 Å². The molecule has 0 aliphatic rings. The molecule has 1 atom stereocenters. The van der Waals surface area contributed by atoms with Gasteiger partial charge in [0.25, 0.3) is 0 Å². The van der Waals surface area contributed by atoms with Gasteiger partial charge < -0.3 is 10.1 Å². The van der Waals surface area contributed by atoms with Crippen molar-refractivity contribution in [3.05, 3.63) is 48.0 Å². The molecule has 0 heterocycles. The summed E-state index contributed by atoms with van der Waals surface area (Å²) in [6.45, 7) is 8.59. The highest BCUT2D eigenvalue weighted by molar-refractivity contribution is 5.82. The molecular weight excluding hydrogens is 286 g/mol. The summed E-state index contributed by atoms with van der Waals surface area (Å²) in [5, 5.41) is 5.99. The molecule has 0 spiro atoms. The van der Waals surface area contributed by atoms with Crippen LogP contribution in [0.15, 0.2) is 42.5 Å². The zero-order valence-electron chi connectivity index (χ0n) is 14.6. The number of hydrogen-bond donors (Lipinski definition) is 1. The average Bonchev–Trinajstić information content (AvgIpc) is 2.49. The molecule has 0 aliphatic heterocycles. The number of ether oxygens (including phenoxy) is 1. The van der Waals surface area contributed by atoms with Gasteiger partial charge in [-0.05, 0) is 56.5 Å². The second kappa shape index (κ2) is 7.60. The Labute approximate surface area is 139 Å². The normalized spacial score (nSPS) is 13.0. The fraction of sp³-hybridized carbons (Fsp3) is 0.450. The van der Waals surface area contributed by atoms with Crippen LogP contribution in [-0.2, 0) is 16.1 Å². The van der Waals surface area contributed by atoms with Crippen molar-refractivity contribution in [2.45, 2.75) is 58.7 Å². The molecule has 0 amide bonds. The Hall–Kier alpha value is -1.87. The topological polar surface area (TPSA) is 38.3 Å². The first kappa shape index (κ1) is 17.5. The molecule has 0 bridgehead atoms. The van der Waals surface area contributed by atoms with Crippen LogP contribution in [0.3, 0.4) is 0 Å². The molecule has 3 nitrogen and oxygen atoms in total. The van der Waals surface area contributed by atoms with Gasteiger partial charge in [0, 0.05) is 19.0 Å². The van der Waals surface area contributed by atoms with E-state index in [9.17, 15) is 4.79 Å². The van der Waals surface area contributed by atoms with E-state index in [4.69, 9.17) is 4.74 Å². The van der Waals surface area contributed by atoms with Gasteiger partial charge in [0.05, 0.1) is 0 Å². The molecule has 124 valence electrons. The number of carbonyl (C=O) groups is 1. The van der Waals surface area contributed by atoms with Crippen molar-refractivity contribution in [3.63, 3.8) is 0 Å². The van der Waals surface area contributed by atoms with Gasteiger partial charge in [-0.2, -0.15) is 0 Å². The van der Waals surface area contributed by atoms with Crippen molar-refractivity contribution in [2.24, 2.45) is 0 Å². The number of nitrogens with one attached hydrogen (secondary N) is 1. The molecule has 0 aromatic heterocycles. The van der Waals surface area contributed by atoms with Crippen LogP contribution in [0.4, 0.5) is 0 Å². The predicted octanol–water partition coefficient (Wildman–Crippen LogP) is 4.44. The lowest BCUT2D eigenvalue weighted by molar-refractivity contribution is -0.155. The van der Waals surface area contributed by atoms with Crippen LogP contribution in [0.1, 0.15) is 46.1 Å². The number of hydrogen-bond acceptors (Lipinski definition) is 3. The first-order chi connectivity index (χ1) is 10.8. The average molecular weight is 313 g/mol. The van der Waals surface area contributed by atoms with E-state index in [1.165, 1.54) is 16.3 Å². The highest BCUT2D eigenvalue weighted by atomic mass is 16.6. The Morgan fingerprint density at radius 2 is 1.83 bits per heavy atom. The van der Waals surface area contributed by atoms with Gasteiger partial charge in [-0.25, -0.2) is 0 Å². The number of fused-ring (bicyclic) bond motifs is 1. The number of carbonyl (C=O) groups excluding carboxylic acids is 1. The fourth-order valence-electron chi connectivity index (χ4n) is 2.47. The van der Waals surface area contributed by atoms with Gasteiger partial charge in [-0.15, -0.1) is 0 Å². The number of rotatable bonds is 6. The minimum Gasteiger partial charge on any atom is -0.460 e. The van der Waals surface area contributed by atoms with Crippen molar-refractivity contribution < 1.29 is 9.53 Å². The predicted molar refractivity (Wildman–Crippen MR) is 95.3 cm³/mol. The van der Waals surface area contributed by atoms with Crippen LogP contribution in [0.5, 0.6) is 0 Å². The lowest BCUT2D eigenvalue weighted by Gasteiger charge is -2.20. The van der Waals surface area contributed by atoms with Gasteiger partial charge in [0.2, 0.25) is 0 Å².